The van der Waals surface area contributed by atoms with E-state index in [-0.39, 0.29) is 12.1 Å². The Kier molecular flexibility index (Phi) is 4.72. The first-order valence-corrected chi connectivity index (χ1v) is 6.85. The van der Waals surface area contributed by atoms with Crippen molar-refractivity contribution in [3.63, 3.8) is 0 Å². The number of hydrogen-bond acceptors (Lipinski definition) is 3. The van der Waals surface area contributed by atoms with E-state index >= 15 is 0 Å². The maximum absolute atomic E-state index is 10.8. The van der Waals surface area contributed by atoms with Crippen molar-refractivity contribution in [1.82, 2.24) is 0 Å². The van der Waals surface area contributed by atoms with Crippen LogP contribution in [0.4, 0.5) is 0 Å². The van der Waals surface area contributed by atoms with Gasteiger partial charge in [-0.1, -0.05) is 0 Å². The third-order valence-electron chi connectivity index (χ3n) is 4.45. The molecule has 0 saturated carbocycles. The Morgan fingerprint density at radius 2 is 1.45 bits per heavy atom. The third-order valence-corrected chi connectivity index (χ3v) is 4.45. The monoisotopic (exact) mass is 282 g/mol. The maximum atomic E-state index is 10.8. The Labute approximate surface area is 122 Å². The topological polar surface area (TPSA) is 38.7 Å². The molecule has 4 heteroatoms. The number of hydrogen-bond donors (Lipinski definition) is 1. The molecular weight excluding hydrogens is 254 g/mol. The van der Waals surface area contributed by atoms with Gasteiger partial charge in [-0.3, -0.25) is 4.48 Å². The summed E-state index contributed by atoms with van der Waals surface area (Å²) in [5.41, 5.74) is -1.08. The Bertz CT molecular complexity index is 430. The lowest BCUT2D eigenvalue weighted by atomic mass is 9.98. The van der Waals surface area contributed by atoms with Crippen LogP contribution in [0.1, 0.15) is 27.7 Å². The zero-order valence-corrected chi connectivity index (χ0v) is 13.7. The third kappa shape index (κ3) is 3.44. The molecule has 0 bridgehead atoms. The van der Waals surface area contributed by atoms with Crippen molar-refractivity contribution < 1.29 is 19.1 Å². The molecule has 1 unspecified atom stereocenters. The van der Waals surface area contributed by atoms with E-state index in [0.29, 0.717) is 4.48 Å². The van der Waals surface area contributed by atoms with Gasteiger partial charge < -0.3 is 14.6 Å². The second kappa shape index (κ2) is 5.62. The molecule has 4 nitrogen and oxygen atoms in total. The number of benzene rings is 1. The summed E-state index contributed by atoms with van der Waals surface area (Å²) in [6.07, 6.45) is 0. The largest absolute Gasteiger partial charge is 0.497 e. The van der Waals surface area contributed by atoms with Crippen molar-refractivity contribution in [3.05, 3.63) is 24.3 Å². The average molecular weight is 282 g/mol. The first kappa shape index (κ1) is 16.8. The highest BCUT2D eigenvalue weighted by atomic mass is 16.5. The van der Waals surface area contributed by atoms with E-state index in [1.807, 2.05) is 45.3 Å². The number of likely N-dealkylation sites (N-methyl/N-ethyl adjacent to an activating group) is 1. The van der Waals surface area contributed by atoms with Crippen LogP contribution < -0.4 is 9.47 Å². The summed E-state index contributed by atoms with van der Waals surface area (Å²) in [6, 6.07) is 7.36. The van der Waals surface area contributed by atoms with Crippen LogP contribution in [0, 0.1) is 0 Å². The second-order valence-electron chi connectivity index (χ2n) is 6.81. The fourth-order valence-corrected chi connectivity index (χ4v) is 1.78. The molecule has 0 aromatic heterocycles. The fourth-order valence-electron chi connectivity index (χ4n) is 1.78. The van der Waals surface area contributed by atoms with E-state index < -0.39 is 5.72 Å². The predicted octanol–water partition coefficient (Wildman–Crippen LogP) is 2.66. The van der Waals surface area contributed by atoms with E-state index in [0.717, 1.165) is 11.5 Å². The van der Waals surface area contributed by atoms with Gasteiger partial charge in [0, 0.05) is 6.92 Å². The van der Waals surface area contributed by atoms with Gasteiger partial charge in [0.05, 0.1) is 26.7 Å². The molecule has 0 heterocycles. The highest BCUT2D eigenvalue weighted by Gasteiger charge is 2.47. The normalized spacial score (nSPS) is 15.6. The molecule has 0 saturated heterocycles. The Hall–Kier alpha value is -1.26. The molecule has 0 amide bonds. The Morgan fingerprint density at radius 3 is 1.85 bits per heavy atom. The summed E-state index contributed by atoms with van der Waals surface area (Å²) in [7, 11) is 5.65. The molecule has 0 spiro atoms. The minimum atomic E-state index is -0.988. The fraction of sp³-hybridized carbons (Fsp3) is 0.625. The number of methoxy groups -OCH3 is 1. The maximum Gasteiger partial charge on any atom is 0.232 e. The summed E-state index contributed by atoms with van der Waals surface area (Å²) in [6.45, 7) is 8.35. The van der Waals surface area contributed by atoms with Crippen LogP contribution in [0.25, 0.3) is 0 Å². The van der Waals surface area contributed by atoms with E-state index in [4.69, 9.17) is 9.47 Å². The first-order valence-electron chi connectivity index (χ1n) is 6.85. The van der Waals surface area contributed by atoms with Crippen LogP contribution in [0.2, 0.25) is 0 Å². The van der Waals surface area contributed by atoms with Gasteiger partial charge in [0.2, 0.25) is 5.72 Å². The van der Waals surface area contributed by atoms with Crippen LogP contribution in [0.3, 0.4) is 0 Å². The number of nitrogens with zero attached hydrogens (tertiary/aromatic N) is 1. The standard InChI is InChI=1S/C16H28NO3/c1-15(2,3)17(5,6)16(4,18)12-20-14-10-8-13(19-7)9-11-14/h8-11,18H,12H2,1-7H3/q+1. The molecule has 20 heavy (non-hydrogen) atoms. The lowest BCUT2D eigenvalue weighted by molar-refractivity contribution is -1.00. The molecular formula is C16H28NO3+. The zero-order valence-electron chi connectivity index (χ0n) is 13.7. The smallest absolute Gasteiger partial charge is 0.232 e. The van der Waals surface area contributed by atoms with Gasteiger partial charge in [-0.25, -0.2) is 0 Å². The molecule has 1 rings (SSSR count). The van der Waals surface area contributed by atoms with E-state index in [2.05, 4.69) is 20.8 Å². The van der Waals surface area contributed by atoms with Crippen LogP contribution in [-0.4, -0.2) is 48.7 Å². The molecule has 0 aliphatic rings. The lowest BCUT2D eigenvalue weighted by Gasteiger charge is -2.51. The highest BCUT2D eigenvalue weighted by molar-refractivity contribution is 5.31. The first-order chi connectivity index (χ1) is 9.01. The molecule has 1 N–H and O–H groups in total. The molecule has 0 radical (unpaired) electrons. The SMILES string of the molecule is COc1ccc(OCC(C)(O)[N+](C)(C)C(C)(C)C)cc1. The summed E-state index contributed by atoms with van der Waals surface area (Å²) in [5, 5.41) is 10.8. The Balaban J connectivity index is 2.76. The van der Waals surface area contributed by atoms with Gasteiger partial charge in [-0.2, -0.15) is 0 Å². The molecule has 1 atom stereocenters. The van der Waals surface area contributed by atoms with Crippen molar-refractivity contribution >= 4 is 0 Å². The average Bonchev–Trinajstić information content (AvgIpc) is 2.35. The van der Waals surface area contributed by atoms with Crippen molar-refractivity contribution in [1.29, 1.82) is 0 Å². The van der Waals surface area contributed by atoms with Gasteiger partial charge >= 0.3 is 0 Å². The van der Waals surface area contributed by atoms with Gasteiger partial charge in [0.25, 0.3) is 0 Å². The summed E-state index contributed by atoms with van der Waals surface area (Å²) in [5.74, 6) is 1.51. The van der Waals surface area contributed by atoms with Crippen LogP contribution in [0.5, 0.6) is 11.5 Å². The van der Waals surface area contributed by atoms with Gasteiger partial charge in [-0.05, 0) is 45.0 Å². The highest BCUT2D eigenvalue weighted by Crippen LogP contribution is 2.30. The number of aliphatic hydroxyl groups is 1. The van der Waals surface area contributed by atoms with Gasteiger partial charge in [0.15, 0.2) is 6.61 Å². The molecule has 114 valence electrons. The molecule has 0 fully saturated rings. The molecule has 1 aromatic carbocycles. The Morgan fingerprint density at radius 1 is 1.00 bits per heavy atom. The molecule has 0 aliphatic carbocycles. The number of rotatable bonds is 5. The van der Waals surface area contributed by atoms with E-state index in [1.54, 1.807) is 7.11 Å². The minimum Gasteiger partial charge on any atom is -0.497 e. The van der Waals surface area contributed by atoms with Crippen molar-refractivity contribution in [2.24, 2.45) is 0 Å². The summed E-state index contributed by atoms with van der Waals surface area (Å²) < 4.78 is 11.3. The molecule has 1 aromatic rings. The lowest BCUT2D eigenvalue weighted by Crippen LogP contribution is -2.68. The van der Waals surface area contributed by atoms with E-state index in [9.17, 15) is 5.11 Å². The predicted molar refractivity (Wildman–Crippen MR) is 81.0 cm³/mol. The van der Waals surface area contributed by atoms with Crippen molar-refractivity contribution in [2.75, 3.05) is 27.8 Å². The van der Waals surface area contributed by atoms with Crippen molar-refractivity contribution in [3.8, 4) is 11.5 Å². The van der Waals surface area contributed by atoms with Crippen LogP contribution >= 0.6 is 0 Å². The quantitative estimate of drug-likeness (QED) is 0.666. The number of ether oxygens (including phenoxy) is 2. The van der Waals surface area contributed by atoms with Crippen LogP contribution in [-0.2, 0) is 0 Å². The van der Waals surface area contributed by atoms with Gasteiger partial charge in [-0.15, -0.1) is 0 Å². The van der Waals surface area contributed by atoms with Gasteiger partial charge in [0.1, 0.15) is 11.5 Å². The van der Waals surface area contributed by atoms with E-state index in [1.165, 1.54) is 0 Å². The summed E-state index contributed by atoms with van der Waals surface area (Å²) in [4.78, 5) is 0. The molecule has 0 aliphatic heterocycles. The van der Waals surface area contributed by atoms with Crippen molar-refractivity contribution in [2.45, 2.75) is 39.0 Å². The minimum absolute atomic E-state index is 0.0905. The summed E-state index contributed by atoms with van der Waals surface area (Å²) >= 11 is 0. The second-order valence-corrected chi connectivity index (χ2v) is 6.81. The van der Waals surface area contributed by atoms with Crippen LogP contribution in [0.15, 0.2) is 24.3 Å². The zero-order chi connectivity index (χ0) is 15.6. The number of quaternary nitrogens is 1.